The topological polar surface area (TPSA) is 28.5 Å². The van der Waals surface area contributed by atoms with Crippen molar-refractivity contribution in [3.63, 3.8) is 0 Å². The van der Waals surface area contributed by atoms with Crippen molar-refractivity contribution in [2.45, 2.75) is 31.8 Å². The molecule has 5 heteroatoms. The Morgan fingerprint density at radius 1 is 1.35 bits per heavy atom. The predicted molar refractivity (Wildman–Crippen MR) is 92.4 cm³/mol. The Morgan fingerprint density at radius 2 is 2.26 bits per heavy atom. The van der Waals surface area contributed by atoms with Gasteiger partial charge in [-0.1, -0.05) is 0 Å². The Labute approximate surface area is 141 Å². The van der Waals surface area contributed by atoms with Gasteiger partial charge in [0, 0.05) is 36.9 Å². The first-order chi connectivity index (χ1) is 11.2. The van der Waals surface area contributed by atoms with E-state index in [1.807, 2.05) is 16.2 Å². The monoisotopic (exact) mass is 329 g/mol. The van der Waals surface area contributed by atoms with E-state index >= 15 is 0 Å². The van der Waals surface area contributed by atoms with Crippen molar-refractivity contribution in [1.29, 1.82) is 0 Å². The number of hydrogen-bond acceptors (Lipinski definition) is 3. The Balaban J connectivity index is 1.43. The molecule has 2 aromatic heterocycles. The quantitative estimate of drug-likeness (QED) is 0.866. The summed E-state index contributed by atoms with van der Waals surface area (Å²) in [6.07, 6.45) is 5.44. The number of carbonyl (C=O) groups is 1. The molecule has 0 bridgehead atoms. The summed E-state index contributed by atoms with van der Waals surface area (Å²) in [5.41, 5.74) is 2.67. The second-order valence-electron chi connectivity index (χ2n) is 6.61. The number of rotatable bonds is 3. The van der Waals surface area contributed by atoms with Crippen LogP contribution < -0.4 is 0 Å². The van der Waals surface area contributed by atoms with Crippen molar-refractivity contribution >= 4 is 17.2 Å². The van der Waals surface area contributed by atoms with E-state index in [9.17, 15) is 4.79 Å². The summed E-state index contributed by atoms with van der Waals surface area (Å²) >= 11 is 1.82. The molecule has 1 saturated heterocycles. The van der Waals surface area contributed by atoms with Crippen LogP contribution in [0.25, 0.3) is 0 Å². The maximum Gasteiger partial charge on any atom is 0.237 e. The first-order valence-corrected chi connectivity index (χ1v) is 9.28. The maximum atomic E-state index is 12.8. The van der Waals surface area contributed by atoms with Gasteiger partial charge in [0.1, 0.15) is 0 Å². The van der Waals surface area contributed by atoms with Gasteiger partial charge >= 0.3 is 0 Å². The molecule has 122 valence electrons. The third kappa shape index (κ3) is 2.83. The van der Waals surface area contributed by atoms with E-state index in [-0.39, 0.29) is 5.91 Å². The van der Waals surface area contributed by atoms with Crippen LogP contribution in [0.1, 0.15) is 35.0 Å². The normalized spacial score (nSPS) is 21.6. The van der Waals surface area contributed by atoms with E-state index in [1.54, 1.807) is 0 Å². The van der Waals surface area contributed by atoms with E-state index in [4.69, 9.17) is 0 Å². The number of carbonyl (C=O) groups excluding carboxylic acids is 1. The van der Waals surface area contributed by atoms with Gasteiger partial charge in [0.2, 0.25) is 5.91 Å². The minimum atomic E-state index is 0.281. The fourth-order valence-electron chi connectivity index (χ4n) is 3.91. The van der Waals surface area contributed by atoms with Gasteiger partial charge in [-0.3, -0.25) is 9.69 Å². The third-order valence-corrected chi connectivity index (χ3v) is 6.21. The minimum absolute atomic E-state index is 0.281. The Bertz CT molecular complexity index is 705. The van der Waals surface area contributed by atoms with Gasteiger partial charge in [0.05, 0.1) is 12.6 Å². The summed E-state index contributed by atoms with van der Waals surface area (Å²) in [5, 5.41) is 2.14. The number of hydrogen-bond donors (Lipinski definition) is 0. The molecule has 0 N–H and O–H groups in total. The lowest BCUT2D eigenvalue weighted by Gasteiger charge is -2.31. The molecule has 0 radical (unpaired) electrons. The molecule has 4 rings (SSSR count). The van der Waals surface area contributed by atoms with Gasteiger partial charge in [-0.25, -0.2) is 0 Å². The molecular weight excluding hydrogens is 306 g/mol. The van der Waals surface area contributed by atoms with Crippen molar-refractivity contribution in [3.05, 3.63) is 45.9 Å². The minimum Gasteiger partial charge on any atom is -0.353 e. The van der Waals surface area contributed by atoms with Gasteiger partial charge in [0.25, 0.3) is 0 Å². The molecule has 4 heterocycles. The van der Waals surface area contributed by atoms with Gasteiger partial charge in [-0.15, -0.1) is 11.3 Å². The van der Waals surface area contributed by atoms with Crippen LogP contribution in [0.2, 0.25) is 0 Å². The number of aryl methyl sites for hydroxylation is 1. The first-order valence-electron chi connectivity index (χ1n) is 8.40. The van der Waals surface area contributed by atoms with Crippen molar-refractivity contribution in [2.75, 3.05) is 19.6 Å². The van der Waals surface area contributed by atoms with Crippen LogP contribution in [0.4, 0.5) is 0 Å². The molecule has 1 amide bonds. The molecule has 1 atom stereocenters. The van der Waals surface area contributed by atoms with E-state index in [1.165, 1.54) is 22.6 Å². The number of thiophene rings is 1. The number of nitrogens with zero attached hydrogens (tertiary/aromatic N) is 3. The van der Waals surface area contributed by atoms with Gasteiger partial charge in [-0.05, 0) is 54.9 Å². The summed E-state index contributed by atoms with van der Waals surface area (Å²) in [6, 6.07) is 6.84. The molecule has 4 nitrogen and oxygen atoms in total. The highest BCUT2D eigenvalue weighted by atomic mass is 32.1. The van der Waals surface area contributed by atoms with Crippen molar-refractivity contribution < 1.29 is 4.79 Å². The second kappa shape index (κ2) is 6.13. The molecule has 0 unspecified atom stereocenters. The highest BCUT2D eigenvalue weighted by molar-refractivity contribution is 7.10. The summed E-state index contributed by atoms with van der Waals surface area (Å²) < 4.78 is 2.19. The van der Waals surface area contributed by atoms with Crippen molar-refractivity contribution in [1.82, 2.24) is 14.4 Å². The number of likely N-dealkylation sites (tertiary alicyclic amines) is 1. The fourth-order valence-corrected chi connectivity index (χ4v) is 4.80. The molecule has 0 spiro atoms. The predicted octanol–water partition coefficient (Wildman–Crippen LogP) is 2.81. The maximum absolute atomic E-state index is 12.8. The largest absolute Gasteiger partial charge is 0.353 e. The fraction of sp³-hybridized carbons (Fsp3) is 0.500. The lowest BCUT2D eigenvalue weighted by atomic mass is 10.1. The van der Waals surface area contributed by atoms with Gasteiger partial charge in [-0.2, -0.15) is 0 Å². The van der Waals surface area contributed by atoms with Crippen molar-refractivity contribution in [2.24, 2.45) is 7.05 Å². The molecule has 23 heavy (non-hydrogen) atoms. The second-order valence-corrected chi connectivity index (χ2v) is 7.61. The average Bonchev–Trinajstić information content (AvgIpc) is 3.26. The number of amides is 1. The Kier molecular flexibility index (Phi) is 3.99. The number of fused-ring (bicyclic) bond motifs is 1. The van der Waals surface area contributed by atoms with Gasteiger partial charge in [0.15, 0.2) is 0 Å². The highest BCUT2D eigenvalue weighted by Gasteiger charge is 2.31. The smallest absolute Gasteiger partial charge is 0.237 e. The molecule has 0 aliphatic carbocycles. The van der Waals surface area contributed by atoms with Crippen LogP contribution in [-0.4, -0.2) is 39.9 Å². The molecule has 2 aliphatic rings. The zero-order valence-electron chi connectivity index (χ0n) is 13.6. The Morgan fingerprint density at radius 3 is 3.09 bits per heavy atom. The van der Waals surface area contributed by atoms with E-state index < -0.39 is 0 Å². The summed E-state index contributed by atoms with van der Waals surface area (Å²) in [6.45, 7) is 3.24. The van der Waals surface area contributed by atoms with Crippen LogP contribution in [0.15, 0.2) is 29.8 Å². The molecule has 1 fully saturated rings. The first kappa shape index (κ1) is 15.0. The molecule has 0 saturated carbocycles. The highest BCUT2D eigenvalue weighted by Crippen LogP contribution is 2.32. The summed E-state index contributed by atoms with van der Waals surface area (Å²) in [5.74, 6) is 0.281. The van der Waals surface area contributed by atoms with Crippen LogP contribution in [0.5, 0.6) is 0 Å². The van der Waals surface area contributed by atoms with Crippen LogP contribution in [0, 0.1) is 0 Å². The standard InChI is InChI=1S/C18H23N3OS/c1-19-8-2-4-15(19)16-5-3-9-20(16)13-18(22)21-10-6-17-14(12-21)7-11-23-17/h2,4,7-8,11,16H,3,5-6,9-10,12-13H2,1H3/t16-/m1/s1. The van der Waals surface area contributed by atoms with E-state index in [2.05, 4.69) is 46.3 Å². The van der Waals surface area contributed by atoms with Crippen LogP contribution >= 0.6 is 11.3 Å². The SMILES string of the molecule is Cn1cccc1[C@H]1CCCN1CC(=O)N1CCc2sccc2C1. The van der Waals surface area contributed by atoms with Gasteiger partial charge < -0.3 is 9.47 Å². The summed E-state index contributed by atoms with van der Waals surface area (Å²) in [7, 11) is 2.09. The molecular formula is C18H23N3OS. The van der Waals surface area contributed by atoms with Crippen LogP contribution in [0.3, 0.4) is 0 Å². The van der Waals surface area contributed by atoms with Crippen molar-refractivity contribution in [3.8, 4) is 0 Å². The number of aromatic nitrogens is 1. The molecule has 2 aromatic rings. The van der Waals surface area contributed by atoms with Crippen LogP contribution in [-0.2, 0) is 24.8 Å². The third-order valence-electron chi connectivity index (χ3n) is 5.19. The summed E-state index contributed by atoms with van der Waals surface area (Å²) in [4.78, 5) is 18.6. The van der Waals surface area contributed by atoms with E-state index in [0.717, 1.165) is 32.5 Å². The zero-order chi connectivity index (χ0) is 15.8. The lowest BCUT2D eigenvalue weighted by Crippen LogP contribution is -2.42. The molecule has 0 aromatic carbocycles. The average molecular weight is 329 g/mol. The zero-order valence-corrected chi connectivity index (χ0v) is 14.4. The Hall–Kier alpha value is -1.59. The van der Waals surface area contributed by atoms with E-state index in [0.29, 0.717) is 12.6 Å². The molecule has 2 aliphatic heterocycles. The lowest BCUT2D eigenvalue weighted by molar-refractivity contribution is -0.133.